The first-order valence-corrected chi connectivity index (χ1v) is 5.74. The normalized spacial score (nSPS) is 10.4. The van der Waals surface area contributed by atoms with E-state index >= 15 is 0 Å². The van der Waals surface area contributed by atoms with Crippen LogP contribution in [0.3, 0.4) is 0 Å². The fourth-order valence-corrected chi connectivity index (χ4v) is 1.16. The molecule has 19 heavy (non-hydrogen) atoms. The van der Waals surface area contributed by atoms with Crippen LogP contribution in [0.1, 0.15) is 12.0 Å². The number of pyridine rings is 1. The fraction of sp³-hybridized carbons (Fsp3) is 0.333. The number of hydrogen-bond acceptors (Lipinski definition) is 5. The minimum absolute atomic E-state index is 0.383. The number of methoxy groups -OCH3 is 1. The van der Waals surface area contributed by atoms with Gasteiger partial charge < -0.3 is 10.1 Å². The van der Waals surface area contributed by atoms with Crippen LogP contribution in [0.15, 0.2) is 29.6 Å². The third kappa shape index (κ3) is 6.27. The number of rotatable bonds is 6. The first-order valence-electron chi connectivity index (χ1n) is 5.74. The smallest absolute Gasteiger partial charge is 0.329 e. The van der Waals surface area contributed by atoms with Crippen molar-refractivity contribution in [3.8, 4) is 0 Å². The molecule has 0 spiro atoms. The van der Waals surface area contributed by atoms with E-state index in [4.69, 9.17) is 4.74 Å². The van der Waals surface area contributed by atoms with E-state index in [1.807, 2.05) is 0 Å². The molecule has 1 rings (SSSR count). The van der Waals surface area contributed by atoms with Gasteiger partial charge in [0.15, 0.2) is 0 Å². The molecular weight excluding hydrogens is 248 g/mol. The SMILES string of the molecule is COCCCNC(=O)C(=O)NN=Cc1ccncc1. The van der Waals surface area contributed by atoms with Crippen molar-refractivity contribution >= 4 is 18.0 Å². The van der Waals surface area contributed by atoms with Gasteiger partial charge in [-0.05, 0) is 24.1 Å². The minimum atomic E-state index is -0.803. The van der Waals surface area contributed by atoms with Crippen LogP contribution in [0.25, 0.3) is 0 Å². The quantitative estimate of drug-likeness (QED) is 0.319. The van der Waals surface area contributed by atoms with Gasteiger partial charge in [0.1, 0.15) is 0 Å². The lowest BCUT2D eigenvalue weighted by molar-refractivity contribution is -0.139. The van der Waals surface area contributed by atoms with Crippen molar-refractivity contribution in [1.82, 2.24) is 15.7 Å². The zero-order valence-electron chi connectivity index (χ0n) is 10.6. The molecule has 1 heterocycles. The van der Waals surface area contributed by atoms with Crippen LogP contribution < -0.4 is 10.7 Å². The summed E-state index contributed by atoms with van der Waals surface area (Å²) >= 11 is 0. The van der Waals surface area contributed by atoms with E-state index in [1.165, 1.54) is 6.21 Å². The van der Waals surface area contributed by atoms with E-state index < -0.39 is 11.8 Å². The molecular formula is C12H16N4O3. The Labute approximate surface area is 111 Å². The van der Waals surface area contributed by atoms with E-state index in [9.17, 15) is 9.59 Å². The van der Waals surface area contributed by atoms with Crippen molar-refractivity contribution in [2.75, 3.05) is 20.3 Å². The van der Waals surface area contributed by atoms with Crippen molar-refractivity contribution in [1.29, 1.82) is 0 Å². The lowest BCUT2D eigenvalue weighted by Crippen LogP contribution is -2.38. The fourth-order valence-electron chi connectivity index (χ4n) is 1.16. The van der Waals surface area contributed by atoms with Gasteiger partial charge in [-0.3, -0.25) is 14.6 Å². The van der Waals surface area contributed by atoms with Crippen LogP contribution in [-0.2, 0) is 14.3 Å². The van der Waals surface area contributed by atoms with Crippen molar-refractivity contribution in [2.45, 2.75) is 6.42 Å². The van der Waals surface area contributed by atoms with Gasteiger partial charge in [0.2, 0.25) is 0 Å². The Morgan fingerprint density at radius 2 is 2.11 bits per heavy atom. The largest absolute Gasteiger partial charge is 0.385 e. The molecule has 1 aromatic heterocycles. The van der Waals surface area contributed by atoms with Gasteiger partial charge in [0.05, 0.1) is 6.21 Å². The third-order valence-corrected chi connectivity index (χ3v) is 2.10. The van der Waals surface area contributed by atoms with E-state index in [0.29, 0.717) is 19.6 Å². The number of aromatic nitrogens is 1. The van der Waals surface area contributed by atoms with Crippen LogP contribution in [0.5, 0.6) is 0 Å². The summed E-state index contributed by atoms with van der Waals surface area (Å²) in [6, 6.07) is 3.45. The van der Waals surface area contributed by atoms with Crippen LogP contribution in [-0.4, -0.2) is 43.3 Å². The lowest BCUT2D eigenvalue weighted by atomic mass is 10.3. The van der Waals surface area contributed by atoms with Gasteiger partial charge in [-0.2, -0.15) is 5.10 Å². The monoisotopic (exact) mass is 264 g/mol. The second-order valence-corrected chi connectivity index (χ2v) is 3.58. The molecule has 2 amide bonds. The van der Waals surface area contributed by atoms with Gasteiger partial charge in [-0.25, -0.2) is 5.43 Å². The second kappa shape index (κ2) is 8.76. The van der Waals surface area contributed by atoms with Crippen LogP contribution in [0.4, 0.5) is 0 Å². The number of nitrogens with zero attached hydrogens (tertiary/aromatic N) is 2. The predicted molar refractivity (Wildman–Crippen MR) is 69.5 cm³/mol. The molecule has 7 nitrogen and oxygen atoms in total. The molecule has 0 aliphatic carbocycles. The topological polar surface area (TPSA) is 92.7 Å². The molecule has 0 fully saturated rings. The first kappa shape index (κ1) is 14.8. The van der Waals surface area contributed by atoms with Gasteiger partial charge in [0, 0.05) is 32.7 Å². The van der Waals surface area contributed by atoms with Crippen LogP contribution >= 0.6 is 0 Å². The van der Waals surface area contributed by atoms with E-state index in [-0.39, 0.29) is 0 Å². The predicted octanol–water partition coefficient (Wildman–Crippen LogP) is -0.316. The number of carbonyl (C=O) groups is 2. The summed E-state index contributed by atoms with van der Waals surface area (Å²) in [7, 11) is 1.57. The number of carbonyl (C=O) groups excluding carboxylic acids is 2. The van der Waals surface area contributed by atoms with Gasteiger partial charge in [0.25, 0.3) is 0 Å². The average molecular weight is 264 g/mol. The molecule has 0 radical (unpaired) electrons. The van der Waals surface area contributed by atoms with E-state index in [2.05, 4.69) is 20.8 Å². The standard InChI is InChI=1S/C12H16N4O3/c1-19-8-2-5-14-11(17)12(18)16-15-9-10-3-6-13-7-4-10/h3-4,6-7,9H,2,5,8H2,1H3,(H,14,17)(H,16,18). The molecule has 0 aliphatic rings. The maximum absolute atomic E-state index is 11.3. The molecule has 0 aliphatic heterocycles. The zero-order chi connectivity index (χ0) is 13.9. The molecule has 0 aromatic carbocycles. The van der Waals surface area contributed by atoms with Crippen molar-refractivity contribution in [3.05, 3.63) is 30.1 Å². The second-order valence-electron chi connectivity index (χ2n) is 3.58. The first-order chi connectivity index (χ1) is 9.24. The molecule has 0 saturated heterocycles. The highest BCUT2D eigenvalue weighted by Crippen LogP contribution is 1.90. The molecule has 102 valence electrons. The Hall–Kier alpha value is -2.28. The number of ether oxygens (including phenoxy) is 1. The summed E-state index contributed by atoms with van der Waals surface area (Å²) in [5, 5.41) is 6.12. The van der Waals surface area contributed by atoms with Crippen molar-refractivity contribution < 1.29 is 14.3 Å². The summed E-state index contributed by atoms with van der Waals surface area (Å²) in [6.07, 6.45) is 5.28. The summed E-state index contributed by atoms with van der Waals surface area (Å²) in [6.45, 7) is 0.913. The number of nitrogens with one attached hydrogen (secondary N) is 2. The van der Waals surface area contributed by atoms with Crippen LogP contribution in [0.2, 0.25) is 0 Å². The van der Waals surface area contributed by atoms with Gasteiger partial charge >= 0.3 is 11.8 Å². The Bertz CT molecular complexity index is 434. The van der Waals surface area contributed by atoms with Crippen LogP contribution in [0, 0.1) is 0 Å². The molecule has 0 unspecified atom stereocenters. The number of hydrazone groups is 1. The molecule has 1 aromatic rings. The van der Waals surface area contributed by atoms with Crippen molar-refractivity contribution in [2.24, 2.45) is 5.10 Å². The summed E-state index contributed by atoms with van der Waals surface area (Å²) in [5.74, 6) is -1.52. The van der Waals surface area contributed by atoms with E-state index in [0.717, 1.165) is 5.56 Å². The van der Waals surface area contributed by atoms with Gasteiger partial charge in [-0.15, -0.1) is 0 Å². The molecule has 2 N–H and O–H groups in total. The third-order valence-electron chi connectivity index (χ3n) is 2.10. The summed E-state index contributed by atoms with van der Waals surface area (Å²) < 4.78 is 4.82. The van der Waals surface area contributed by atoms with E-state index in [1.54, 1.807) is 31.6 Å². The van der Waals surface area contributed by atoms with Gasteiger partial charge in [-0.1, -0.05) is 0 Å². The Kier molecular flexibility index (Phi) is 6.81. The number of hydrogen-bond donors (Lipinski definition) is 2. The average Bonchev–Trinajstić information content (AvgIpc) is 2.44. The maximum atomic E-state index is 11.3. The Morgan fingerprint density at radius 3 is 2.79 bits per heavy atom. The Morgan fingerprint density at radius 1 is 1.37 bits per heavy atom. The summed E-state index contributed by atoms with van der Waals surface area (Å²) in [5.41, 5.74) is 2.91. The summed E-state index contributed by atoms with van der Waals surface area (Å²) in [4.78, 5) is 26.5. The highest BCUT2D eigenvalue weighted by Gasteiger charge is 2.10. The molecule has 0 saturated carbocycles. The highest BCUT2D eigenvalue weighted by atomic mass is 16.5. The lowest BCUT2D eigenvalue weighted by Gasteiger charge is -2.02. The molecule has 0 bridgehead atoms. The minimum Gasteiger partial charge on any atom is -0.385 e. The zero-order valence-corrected chi connectivity index (χ0v) is 10.6. The maximum Gasteiger partial charge on any atom is 0.329 e. The molecule has 7 heteroatoms. The number of amides is 2. The molecule has 0 atom stereocenters. The highest BCUT2D eigenvalue weighted by molar-refractivity contribution is 6.35. The Balaban J connectivity index is 2.27. The van der Waals surface area contributed by atoms with Crippen molar-refractivity contribution in [3.63, 3.8) is 0 Å².